The van der Waals surface area contributed by atoms with Crippen LogP contribution in [0.25, 0.3) is 0 Å². The average molecular weight is 171 g/mol. The number of nitrogen functional groups attached to an aromatic ring is 1. The molecule has 0 saturated carbocycles. The number of benzene rings is 1. The molecule has 0 saturated heterocycles. The number of nitrogens with two attached hydrogens (primary N) is 1. The highest BCUT2D eigenvalue weighted by Crippen LogP contribution is 2.34. The van der Waals surface area contributed by atoms with E-state index in [2.05, 4.69) is 0 Å². The zero-order valence-electron chi connectivity index (χ0n) is 6.85. The summed E-state index contributed by atoms with van der Waals surface area (Å²) in [6, 6.07) is 6.05. The number of anilines is 1. The first-order valence-electron chi connectivity index (χ1n) is 3.80. The van der Waals surface area contributed by atoms with Crippen LogP contribution in [0.15, 0.2) is 24.3 Å². The maximum Gasteiger partial charge on any atom is 0.274 e. The topological polar surface area (TPSA) is 26.0 Å². The summed E-state index contributed by atoms with van der Waals surface area (Å²) in [5.41, 5.74) is 5.48. The summed E-state index contributed by atoms with van der Waals surface area (Å²) in [5, 5.41) is 0. The Kier molecular flexibility index (Phi) is 2.31. The number of para-hydroxylation sites is 1. The van der Waals surface area contributed by atoms with E-state index in [1.54, 1.807) is 12.1 Å². The van der Waals surface area contributed by atoms with E-state index in [4.69, 9.17) is 5.73 Å². The van der Waals surface area contributed by atoms with Crippen LogP contribution in [-0.2, 0) is 5.92 Å². The molecule has 0 fully saturated rings. The van der Waals surface area contributed by atoms with Crippen LogP contribution >= 0.6 is 0 Å². The largest absolute Gasteiger partial charge is 0.398 e. The molecule has 0 amide bonds. The van der Waals surface area contributed by atoms with Crippen molar-refractivity contribution in [2.45, 2.75) is 19.3 Å². The Morgan fingerprint density at radius 2 is 1.92 bits per heavy atom. The number of hydrogen-bond acceptors (Lipinski definition) is 1. The van der Waals surface area contributed by atoms with Gasteiger partial charge >= 0.3 is 0 Å². The van der Waals surface area contributed by atoms with Gasteiger partial charge in [0.05, 0.1) is 0 Å². The quantitative estimate of drug-likeness (QED) is 0.680. The predicted molar refractivity (Wildman–Crippen MR) is 45.0 cm³/mol. The molecule has 0 aliphatic rings. The van der Waals surface area contributed by atoms with Crippen molar-refractivity contribution in [2.24, 2.45) is 0 Å². The van der Waals surface area contributed by atoms with E-state index in [-0.39, 0.29) is 17.7 Å². The molecule has 1 rings (SSSR count). The van der Waals surface area contributed by atoms with Gasteiger partial charge in [-0.2, -0.15) is 0 Å². The highest BCUT2D eigenvalue weighted by molar-refractivity contribution is 5.48. The Balaban J connectivity index is 3.10. The Morgan fingerprint density at radius 3 is 2.42 bits per heavy atom. The minimum absolute atomic E-state index is 0.0764. The van der Waals surface area contributed by atoms with Crippen LogP contribution in [-0.4, -0.2) is 0 Å². The molecular formula is C9H11F2N. The second-order valence-electron chi connectivity index (χ2n) is 2.65. The first-order chi connectivity index (χ1) is 5.58. The van der Waals surface area contributed by atoms with Gasteiger partial charge in [-0.05, 0) is 6.07 Å². The lowest BCUT2D eigenvalue weighted by atomic mass is 10.0. The van der Waals surface area contributed by atoms with Crippen LogP contribution in [0.1, 0.15) is 18.9 Å². The minimum Gasteiger partial charge on any atom is -0.398 e. The van der Waals surface area contributed by atoms with Crippen LogP contribution in [0.5, 0.6) is 0 Å². The normalized spacial score (nSPS) is 11.6. The van der Waals surface area contributed by atoms with Crippen molar-refractivity contribution in [1.29, 1.82) is 0 Å². The van der Waals surface area contributed by atoms with E-state index in [9.17, 15) is 8.78 Å². The molecule has 1 nitrogen and oxygen atoms in total. The minimum atomic E-state index is -2.80. The standard InChI is InChI=1S/C9H11F2N/c1-2-9(10,11)7-5-3-4-6-8(7)12/h3-6H,2,12H2,1H3. The molecule has 0 aliphatic heterocycles. The van der Waals surface area contributed by atoms with E-state index in [0.717, 1.165) is 0 Å². The summed E-state index contributed by atoms with van der Waals surface area (Å²) in [5.74, 6) is -2.80. The maximum absolute atomic E-state index is 13.1. The van der Waals surface area contributed by atoms with Gasteiger partial charge in [-0.15, -0.1) is 0 Å². The third-order valence-corrected chi connectivity index (χ3v) is 1.80. The molecular weight excluding hydrogens is 160 g/mol. The van der Waals surface area contributed by atoms with E-state index in [1.165, 1.54) is 19.1 Å². The number of alkyl halides is 2. The Morgan fingerprint density at radius 1 is 1.33 bits per heavy atom. The lowest BCUT2D eigenvalue weighted by molar-refractivity contribution is -0.00748. The molecule has 12 heavy (non-hydrogen) atoms. The molecule has 0 radical (unpaired) electrons. The number of rotatable bonds is 2. The molecule has 0 unspecified atom stereocenters. The van der Waals surface area contributed by atoms with Gasteiger partial charge in [0, 0.05) is 17.7 Å². The highest BCUT2D eigenvalue weighted by atomic mass is 19.3. The molecule has 0 bridgehead atoms. The lowest BCUT2D eigenvalue weighted by Crippen LogP contribution is -2.13. The molecule has 1 aromatic rings. The predicted octanol–water partition coefficient (Wildman–Crippen LogP) is 2.77. The highest BCUT2D eigenvalue weighted by Gasteiger charge is 2.30. The fourth-order valence-corrected chi connectivity index (χ4v) is 1.02. The maximum atomic E-state index is 13.1. The van der Waals surface area contributed by atoms with Crippen LogP contribution in [0.2, 0.25) is 0 Å². The fraction of sp³-hybridized carbons (Fsp3) is 0.333. The van der Waals surface area contributed by atoms with Crippen molar-refractivity contribution >= 4 is 5.69 Å². The Hall–Kier alpha value is -1.12. The zero-order valence-corrected chi connectivity index (χ0v) is 6.85. The lowest BCUT2D eigenvalue weighted by Gasteiger charge is -2.15. The van der Waals surface area contributed by atoms with E-state index in [1.807, 2.05) is 0 Å². The first kappa shape index (κ1) is 8.97. The van der Waals surface area contributed by atoms with Gasteiger partial charge < -0.3 is 5.73 Å². The van der Waals surface area contributed by atoms with Gasteiger partial charge in [-0.1, -0.05) is 25.1 Å². The van der Waals surface area contributed by atoms with E-state index in [0.29, 0.717) is 0 Å². The second kappa shape index (κ2) is 3.09. The van der Waals surface area contributed by atoms with Crippen molar-refractivity contribution in [3.05, 3.63) is 29.8 Å². The molecule has 3 heteroatoms. The molecule has 0 aromatic heterocycles. The van der Waals surface area contributed by atoms with E-state index >= 15 is 0 Å². The van der Waals surface area contributed by atoms with Crippen molar-refractivity contribution < 1.29 is 8.78 Å². The zero-order chi connectivity index (χ0) is 9.19. The smallest absolute Gasteiger partial charge is 0.274 e. The molecule has 2 N–H and O–H groups in total. The SMILES string of the molecule is CCC(F)(F)c1ccccc1N. The summed E-state index contributed by atoms with van der Waals surface area (Å²) in [7, 11) is 0. The van der Waals surface area contributed by atoms with Gasteiger partial charge in [0.15, 0.2) is 0 Å². The van der Waals surface area contributed by atoms with Gasteiger partial charge in [-0.3, -0.25) is 0 Å². The van der Waals surface area contributed by atoms with Crippen molar-refractivity contribution in [2.75, 3.05) is 5.73 Å². The van der Waals surface area contributed by atoms with Crippen molar-refractivity contribution in [3.8, 4) is 0 Å². The van der Waals surface area contributed by atoms with Crippen molar-refractivity contribution in [1.82, 2.24) is 0 Å². The Bertz CT molecular complexity index is 271. The summed E-state index contributed by atoms with van der Waals surface area (Å²) in [4.78, 5) is 0. The number of halogens is 2. The number of hydrogen-bond donors (Lipinski definition) is 1. The second-order valence-corrected chi connectivity index (χ2v) is 2.65. The van der Waals surface area contributed by atoms with Gasteiger partial charge in [0.25, 0.3) is 5.92 Å². The average Bonchev–Trinajstić information content (AvgIpc) is 2.05. The summed E-state index contributed by atoms with van der Waals surface area (Å²) in [6.07, 6.45) is -0.221. The van der Waals surface area contributed by atoms with Crippen LogP contribution in [0.3, 0.4) is 0 Å². The van der Waals surface area contributed by atoms with Crippen molar-refractivity contribution in [3.63, 3.8) is 0 Å². The van der Waals surface area contributed by atoms with Gasteiger partial charge in [0.1, 0.15) is 0 Å². The monoisotopic (exact) mass is 171 g/mol. The third kappa shape index (κ3) is 1.55. The molecule has 1 aromatic carbocycles. The van der Waals surface area contributed by atoms with Gasteiger partial charge in [0.2, 0.25) is 0 Å². The Labute approximate surface area is 70.2 Å². The summed E-state index contributed by atoms with van der Waals surface area (Å²) < 4.78 is 26.1. The van der Waals surface area contributed by atoms with Crippen LogP contribution < -0.4 is 5.73 Å². The van der Waals surface area contributed by atoms with Crippen LogP contribution in [0.4, 0.5) is 14.5 Å². The van der Waals surface area contributed by atoms with Gasteiger partial charge in [-0.25, -0.2) is 8.78 Å². The summed E-state index contributed by atoms with van der Waals surface area (Å²) in [6.45, 7) is 1.44. The van der Waals surface area contributed by atoms with E-state index < -0.39 is 5.92 Å². The molecule has 66 valence electrons. The van der Waals surface area contributed by atoms with Crippen LogP contribution in [0, 0.1) is 0 Å². The molecule has 0 heterocycles. The molecule has 0 aliphatic carbocycles. The third-order valence-electron chi connectivity index (χ3n) is 1.80. The summed E-state index contributed by atoms with van der Waals surface area (Å²) >= 11 is 0. The molecule has 0 spiro atoms. The molecule has 0 atom stereocenters. The first-order valence-corrected chi connectivity index (χ1v) is 3.80. The fourth-order valence-electron chi connectivity index (χ4n) is 1.02.